The number of nitrogens with one attached hydrogen (secondary N) is 1. The van der Waals surface area contributed by atoms with Gasteiger partial charge < -0.3 is 5.32 Å². The third kappa shape index (κ3) is 2.10. The summed E-state index contributed by atoms with van der Waals surface area (Å²) in [5.41, 5.74) is 1.33. The van der Waals surface area contributed by atoms with Crippen LogP contribution in [0.2, 0.25) is 0 Å². The van der Waals surface area contributed by atoms with Gasteiger partial charge in [-0.1, -0.05) is 6.07 Å². The van der Waals surface area contributed by atoms with Gasteiger partial charge in [0, 0.05) is 24.5 Å². The van der Waals surface area contributed by atoms with E-state index in [2.05, 4.69) is 23.3 Å². The number of rotatable bonds is 3. The summed E-state index contributed by atoms with van der Waals surface area (Å²) in [5, 5.41) is 3.94. The van der Waals surface area contributed by atoms with Gasteiger partial charge in [-0.05, 0) is 74.3 Å². The second kappa shape index (κ2) is 4.59. The van der Waals surface area contributed by atoms with Gasteiger partial charge >= 0.3 is 0 Å². The van der Waals surface area contributed by atoms with E-state index in [1.54, 1.807) is 0 Å². The summed E-state index contributed by atoms with van der Waals surface area (Å²) in [6.45, 7) is 2.29. The minimum absolute atomic E-state index is 0.441. The maximum atomic E-state index is 4.25. The second-order valence-electron chi connectivity index (χ2n) is 7.13. The molecule has 0 radical (unpaired) electrons. The molecule has 0 amide bonds. The van der Waals surface area contributed by atoms with Crippen LogP contribution in [-0.4, -0.2) is 11.0 Å². The van der Waals surface area contributed by atoms with Crippen molar-refractivity contribution < 1.29 is 0 Å². The van der Waals surface area contributed by atoms with E-state index in [4.69, 9.17) is 0 Å². The summed E-state index contributed by atoms with van der Waals surface area (Å²) >= 11 is 0. The molecule has 0 spiro atoms. The molecular formula is C17H24N2. The first-order valence-corrected chi connectivity index (χ1v) is 7.95. The third-order valence-corrected chi connectivity index (χ3v) is 5.85. The maximum absolute atomic E-state index is 4.25. The van der Waals surface area contributed by atoms with Gasteiger partial charge in [-0.3, -0.25) is 4.98 Å². The molecule has 4 fully saturated rings. The fourth-order valence-electron chi connectivity index (χ4n) is 5.21. The Morgan fingerprint density at radius 1 is 1.11 bits per heavy atom. The Kier molecular flexibility index (Phi) is 2.87. The van der Waals surface area contributed by atoms with E-state index in [9.17, 15) is 0 Å². The highest BCUT2D eigenvalue weighted by Crippen LogP contribution is 2.54. The molecular weight excluding hydrogens is 232 g/mol. The van der Waals surface area contributed by atoms with Crippen LogP contribution in [0.3, 0.4) is 0 Å². The number of aromatic nitrogens is 1. The molecule has 1 unspecified atom stereocenters. The van der Waals surface area contributed by atoms with Crippen molar-refractivity contribution in [3.05, 3.63) is 30.1 Å². The summed E-state index contributed by atoms with van der Waals surface area (Å²) in [4.78, 5) is 4.25. The average Bonchev–Trinajstić information content (AvgIpc) is 2.43. The molecule has 4 saturated carbocycles. The zero-order valence-corrected chi connectivity index (χ0v) is 11.8. The summed E-state index contributed by atoms with van der Waals surface area (Å²) < 4.78 is 0. The molecule has 1 aromatic heterocycles. The van der Waals surface area contributed by atoms with Crippen LogP contribution in [0.4, 0.5) is 0 Å². The lowest BCUT2D eigenvalue weighted by Gasteiger charge is -2.55. The van der Waals surface area contributed by atoms with Gasteiger partial charge in [0.25, 0.3) is 0 Å². The van der Waals surface area contributed by atoms with Crippen molar-refractivity contribution in [2.24, 2.45) is 23.7 Å². The van der Waals surface area contributed by atoms with Crippen LogP contribution < -0.4 is 5.32 Å². The molecule has 4 aliphatic rings. The minimum atomic E-state index is 0.441. The Labute approximate surface area is 116 Å². The van der Waals surface area contributed by atoms with Crippen molar-refractivity contribution >= 4 is 0 Å². The van der Waals surface area contributed by atoms with E-state index in [0.717, 1.165) is 29.7 Å². The molecule has 5 rings (SSSR count). The third-order valence-electron chi connectivity index (χ3n) is 5.85. The van der Waals surface area contributed by atoms with Gasteiger partial charge in [-0.25, -0.2) is 0 Å². The van der Waals surface area contributed by atoms with Crippen molar-refractivity contribution in [2.75, 3.05) is 0 Å². The summed E-state index contributed by atoms with van der Waals surface area (Å²) in [6.07, 6.45) is 11.4. The van der Waals surface area contributed by atoms with Crippen LogP contribution in [0.1, 0.15) is 50.6 Å². The normalized spacial score (nSPS) is 41.4. The molecule has 4 bridgehead atoms. The van der Waals surface area contributed by atoms with Crippen LogP contribution >= 0.6 is 0 Å². The smallest absolute Gasteiger partial charge is 0.0315 e. The summed E-state index contributed by atoms with van der Waals surface area (Å²) in [7, 11) is 0. The van der Waals surface area contributed by atoms with Gasteiger partial charge in [0.1, 0.15) is 0 Å². The molecule has 1 N–H and O–H groups in total. The standard InChI is InChI=1S/C17H24N2/c1-11(14-3-2-4-18-10-14)19-17-15-6-12-5-13(8-15)9-16(17)7-12/h2-4,10-13,15-17,19H,5-9H2,1H3. The Hall–Kier alpha value is -0.890. The lowest BCUT2D eigenvalue weighted by atomic mass is 9.54. The van der Waals surface area contributed by atoms with Gasteiger partial charge in [0.05, 0.1) is 0 Å². The number of pyridine rings is 1. The van der Waals surface area contributed by atoms with Crippen LogP contribution in [0.5, 0.6) is 0 Å². The molecule has 0 aliphatic heterocycles. The first kappa shape index (κ1) is 11.9. The molecule has 2 nitrogen and oxygen atoms in total. The Morgan fingerprint density at radius 2 is 1.79 bits per heavy atom. The molecule has 0 aromatic carbocycles. The SMILES string of the molecule is CC(NC1C2CC3CC(C2)CC1C3)c1cccnc1. The molecule has 2 heteroatoms. The summed E-state index contributed by atoms with van der Waals surface area (Å²) in [6, 6.07) is 5.45. The van der Waals surface area contributed by atoms with Crippen LogP contribution in [-0.2, 0) is 0 Å². The van der Waals surface area contributed by atoms with Crippen LogP contribution in [0.25, 0.3) is 0 Å². The molecule has 1 aromatic rings. The van der Waals surface area contributed by atoms with E-state index in [0.29, 0.717) is 6.04 Å². The quantitative estimate of drug-likeness (QED) is 0.894. The highest BCUT2D eigenvalue weighted by Gasteiger charge is 2.48. The van der Waals surface area contributed by atoms with Crippen molar-refractivity contribution in [3.8, 4) is 0 Å². The van der Waals surface area contributed by atoms with Gasteiger partial charge in [-0.15, -0.1) is 0 Å². The molecule has 102 valence electrons. The van der Waals surface area contributed by atoms with Crippen molar-refractivity contribution in [1.29, 1.82) is 0 Å². The number of nitrogens with zero attached hydrogens (tertiary/aromatic N) is 1. The van der Waals surface area contributed by atoms with E-state index < -0.39 is 0 Å². The zero-order chi connectivity index (χ0) is 12.8. The van der Waals surface area contributed by atoms with Crippen molar-refractivity contribution in [2.45, 2.75) is 51.1 Å². The lowest BCUT2D eigenvalue weighted by Crippen LogP contribution is -2.54. The van der Waals surface area contributed by atoms with Gasteiger partial charge in [0.2, 0.25) is 0 Å². The van der Waals surface area contributed by atoms with Crippen molar-refractivity contribution in [1.82, 2.24) is 10.3 Å². The molecule has 1 heterocycles. The first-order valence-electron chi connectivity index (χ1n) is 7.95. The second-order valence-corrected chi connectivity index (χ2v) is 7.13. The fourth-order valence-corrected chi connectivity index (χ4v) is 5.21. The lowest BCUT2D eigenvalue weighted by molar-refractivity contribution is -0.0171. The predicted molar refractivity (Wildman–Crippen MR) is 76.6 cm³/mol. The highest BCUT2D eigenvalue weighted by atomic mass is 15.0. The minimum Gasteiger partial charge on any atom is -0.307 e. The first-order chi connectivity index (χ1) is 9.29. The topological polar surface area (TPSA) is 24.9 Å². The zero-order valence-electron chi connectivity index (χ0n) is 11.8. The highest BCUT2D eigenvalue weighted by molar-refractivity contribution is 5.14. The van der Waals surface area contributed by atoms with E-state index in [1.807, 2.05) is 18.5 Å². The van der Waals surface area contributed by atoms with Gasteiger partial charge in [0.15, 0.2) is 0 Å². The van der Waals surface area contributed by atoms with Crippen LogP contribution in [0.15, 0.2) is 24.5 Å². The summed E-state index contributed by atoms with van der Waals surface area (Å²) in [5.74, 6) is 4.04. The maximum Gasteiger partial charge on any atom is 0.0315 e. The molecule has 0 saturated heterocycles. The number of hydrogen-bond donors (Lipinski definition) is 1. The Bertz CT molecular complexity index is 414. The largest absolute Gasteiger partial charge is 0.307 e. The molecule has 4 aliphatic carbocycles. The van der Waals surface area contributed by atoms with Gasteiger partial charge in [-0.2, -0.15) is 0 Å². The predicted octanol–water partition coefficient (Wildman–Crippen LogP) is 3.56. The van der Waals surface area contributed by atoms with Crippen molar-refractivity contribution in [3.63, 3.8) is 0 Å². The fraction of sp³-hybridized carbons (Fsp3) is 0.706. The average molecular weight is 256 g/mol. The Morgan fingerprint density at radius 3 is 2.37 bits per heavy atom. The van der Waals surface area contributed by atoms with Crippen LogP contribution in [0, 0.1) is 23.7 Å². The molecule has 1 atom stereocenters. The van der Waals surface area contributed by atoms with E-state index in [1.165, 1.54) is 37.7 Å². The van der Waals surface area contributed by atoms with E-state index >= 15 is 0 Å². The number of hydrogen-bond acceptors (Lipinski definition) is 2. The molecule has 19 heavy (non-hydrogen) atoms. The van der Waals surface area contributed by atoms with E-state index in [-0.39, 0.29) is 0 Å². The monoisotopic (exact) mass is 256 g/mol. The Balaban J connectivity index is 1.48.